The maximum Gasteiger partial charge on any atom is 0.227 e. The number of hydrogen-bond acceptors (Lipinski definition) is 5. The van der Waals surface area contributed by atoms with Crippen molar-refractivity contribution in [1.82, 2.24) is 19.7 Å². The zero-order valence-electron chi connectivity index (χ0n) is 15.5. The number of carbonyl (C=O) groups excluding carboxylic acids is 1. The topological polar surface area (TPSA) is 48.9 Å². The predicted molar refractivity (Wildman–Crippen MR) is 97.5 cm³/mol. The molecule has 0 spiro atoms. The van der Waals surface area contributed by atoms with E-state index in [9.17, 15) is 4.79 Å². The average Bonchev–Trinajstić information content (AvgIpc) is 2.87. The molecule has 6 heteroatoms. The van der Waals surface area contributed by atoms with Gasteiger partial charge < -0.3 is 14.5 Å². The summed E-state index contributed by atoms with van der Waals surface area (Å²) in [4.78, 5) is 23.9. The molecule has 0 N–H and O–H groups in total. The molecular formula is C19H30N4O2. The van der Waals surface area contributed by atoms with Crippen molar-refractivity contribution in [3.05, 3.63) is 23.9 Å². The maximum absolute atomic E-state index is 12.8. The molecule has 0 saturated carbocycles. The normalized spacial score (nSPS) is 23.3. The molecule has 3 heterocycles. The molecule has 6 nitrogen and oxygen atoms in total. The molecule has 2 aliphatic heterocycles. The largest absolute Gasteiger partial charge is 0.481 e. The van der Waals surface area contributed by atoms with Gasteiger partial charge >= 0.3 is 0 Å². The van der Waals surface area contributed by atoms with E-state index in [2.05, 4.69) is 32.8 Å². The van der Waals surface area contributed by atoms with Crippen molar-refractivity contribution in [2.75, 3.05) is 53.4 Å². The van der Waals surface area contributed by atoms with E-state index in [4.69, 9.17) is 4.74 Å². The summed E-state index contributed by atoms with van der Waals surface area (Å²) in [6.07, 6.45) is 5.10. The molecule has 2 fully saturated rings. The molecule has 1 unspecified atom stereocenters. The monoisotopic (exact) mass is 346 g/mol. The Morgan fingerprint density at radius 3 is 2.80 bits per heavy atom. The first-order valence-electron chi connectivity index (χ1n) is 9.34. The van der Waals surface area contributed by atoms with Gasteiger partial charge in [0.15, 0.2) is 0 Å². The molecule has 2 saturated heterocycles. The van der Waals surface area contributed by atoms with Gasteiger partial charge in [0.2, 0.25) is 11.8 Å². The minimum Gasteiger partial charge on any atom is -0.481 e. The van der Waals surface area contributed by atoms with Crippen molar-refractivity contribution >= 4 is 5.91 Å². The van der Waals surface area contributed by atoms with Gasteiger partial charge in [-0.15, -0.1) is 0 Å². The Morgan fingerprint density at radius 1 is 1.20 bits per heavy atom. The third kappa shape index (κ3) is 4.92. The fourth-order valence-corrected chi connectivity index (χ4v) is 3.86. The summed E-state index contributed by atoms with van der Waals surface area (Å²) in [5.74, 6) is 1.20. The van der Waals surface area contributed by atoms with Gasteiger partial charge in [-0.3, -0.25) is 9.69 Å². The van der Waals surface area contributed by atoms with E-state index >= 15 is 0 Å². The molecular weight excluding hydrogens is 316 g/mol. The highest BCUT2D eigenvalue weighted by Gasteiger charge is 2.29. The predicted octanol–water partition coefficient (Wildman–Crippen LogP) is 1.47. The van der Waals surface area contributed by atoms with Gasteiger partial charge in [-0.2, -0.15) is 0 Å². The van der Waals surface area contributed by atoms with E-state index in [0.29, 0.717) is 11.8 Å². The first-order chi connectivity index (χ1) is 12.2. The second kappa shape index (κ2) is 8.63. The number of pyridine rings is 1. The Balaban J connectivity index is 1.52. The van der Waals surface area contributed by atoms with Crippen molar-refractivity contribution in [3.8, 4) is 5.88 Å². The minimum absolute atomic E-state index is 0.191. The van der Waals surface area contributed by atoms with Crippen molar-refractivity contribution in [2.45, 2.75) is 25.8 Å². The summed E-state index contributed by atoms with van der Waals surface area (Å²) in [7, 11) is 3.75. The summed E-state index contributed by atoms with van der Waals surface area (Å²) in [5.41, 5.74) is 1.19. The Morgan fingerprint density at radius 2 is 2.08 bits per heavy atom. The van der Waals surface area contributed by atoms with E-state index in [1.165, 1.54) is 5.56 Å². The van der Waals surface area contributed by atoms with Crippen molar-refractivity contribution < 1.29 is 9.53 Å². The van der Waals surface area contributed by atoms with Crippen LogP contribution >= 0.6 is 0 Å². The lowest BCUT2D eigenvalue weighted by Crippen LogP contribution is -2.44. The highest BCUT2D eigenvalue weighted by molar-refractivity contribution is 5.79. The number of amides is 1. The Hall–Kier alpha value is -1.66. The van der Waals surface area contributed by atoms with Gasteiger partial charge in [0, 0.05) is 51.5 Å². The van der Waals surface area contributed by atoms with E-state index in [1.54, 1.807) is 7.11 Å². The lowest BCUT2D eigenvalue weighted by atomic mass is 9.97. The summed E-state index contributed by atoms with van der Waals surface area (Å²) < 4.78 is 5.11. The SMILES string of the molecule is COc1ccc(CN2CCCN(C(=O)C3CCCN(C)C3)CC2)cn1. The number of aromatic nitrogens is 1. The van der Waals surface area contributed by atoms with Crippen LogP contribution in [0.5, 0.6) is 5.88 Å². The third-order valence-corrected chi connectivity index (χ3v) is 5.29. The van der Waals surface area contributed by atoms with Gasteiger partial charge in [0.25, 0.3) is 0 Å². The van der Waals surface area contributed by atoms with Crippen molar-refractivity contribution in [3.63, 3.8) is 0 Å². The van der Waals surface area contributed by atoms with Crippen LogP contribution in [0.1, 0.15) is 24.8 Å². The van der Waals surface area contributed by atoms with Gasteiger partial charge in [-0.25, -0.2) is 4.98 Å². The molecule has 0 bridgehead atoms. The number of ether oxygens (including phenoxy) is 1. The summed E-state index contributed by atoms with van der Waals surface area (Å²) in [6.45, 7) is 6.59. The molecule has 1 amide bonds. The summed E-state index contributed by atoms with van der Waals surface area (Å²) >= 11 is 0. The molecule has 3 rings (SSSR count). The van der Waals surface area contributed by atoms with E-state index < -0.39 is 0 Å². The number of hydrogen-bond donors (Lipinski definition) is 0. The highest BCUT2D eigenvalue weighted by Crippen LogP contribution is 2.19. The molecule has 1 aromatic rings. The van der Waals surface area contributed by atoms with Gasteiger partial charge in [0.05, 0.1) is 13.0 Å². The fourth-order valence-electron chi connectivity index (χ4n) is 3.86. The number of likely N-dealkylation sites (tertiary alicyclic amines) is 1. The van der Waals surface area contributed by atoms with Crippen LogP contribution < -0.4 is 4.74 Å². The molecule has 25 heavy (non-hydrogen) atoms. The van der Waals surface area contributed by atoms with Crippen molar-refractivity contribution in [2.24, 2.45) is 5.92 Å². The third-order valence-electron chi connectivity index (χ3n) is 5.29. The summed E-state index contributed by atoms with van der Waals surface area (Å²) in [5, 5.41) is 0. The number of rotatable bonds is 4. The maximum atomic E-state index is 12.8. The second-order valence-corrected chi connectivity index (χ2v) is 7.27. The number of piperidine rings is 1. The number of carbonyl (C=O) groups is 1. The van der Waals surface area contributed by atoms with E-state index in [0.717, 1.165) is 65.1 Å². The molecule has 2 aliphatic rings. The lowest BCUT2D eigenvalue weighted by Gasteiger charge is -2.32. The first kappa shape index (κ1) is 18.1. The lowest BCUT2D eigenvalue weighted by molar-refractivity contribution is -0.137. The average molecular weight is 346 g/mol. The Labute approximate surface area is 150 Å². The smallest absolute Gasteiger partial charge is 0.227 e. The fraction of sp³-hybridized carbons (Fsp3) is 0.684. The minimum atomic E-state index is 0.191. The quantitative estimate of drug-likeness (QED) is 0.826. The molecule has 0 radical (unpaired) electrons. The van der Waals surface area contributed by atoms with Gasteiger partial charge in [0.1, 0.15) is 0 Å². The number of nitrogens with zero attached hydrogens (tertiary/aromatic N) is 4. The molecule has 1 atom stereocenters. The second-order valence-electron chi connectivity index (χ2n) is 7.27. The van der Waals surface area contributed by atoms with Crippen LogP contribution in [0.3, 0.4) is 0 Å². The molecule has 1 aromatic heterocycles. The Kier molecular flexibility index (Phi) is 6.26. The van der Waals surface area contributed by atoms with Crippen LogP contribution in [-0.2, 0) is 11.3 Å². The van der Waals surface area contributed by atoms with E-state index in [-0.39, 0.29) is 5.92 Å². The van der Waals surface area contributed by atoms with E-state index in [1.807, 2.05) is 12.3 Å². The zero-order chi connectivity index (χ0) is 17.6. The van der Waals surface area contributed by atoms with Crippen molar-refractivity contribution in [1.29, 1.82) is 0 Å². The molecule has 0 aliphatic carbocycles. The van der Waals surface area contributed by atoms with Crippen LogP contribution in [0.4, 0.5) is 0 Å². The first-order valence-corrected chi connectivity index (χ1v) is 9.34. The molecule has 0 aromatic carbocycles. The highest BCUT2D eigenvalue weighted by atomic mass is 16.5. The number of methoxy groups -OCH3 is 1. The summed E-state index contributed by atoms with van der Waals surface area (Å²) in [6, 6.07) is 3.97. The van der Waals surface area contributed by atoms with Gasteiger partial charge in [-0.1, -0.05) is 6.07 Å². The standard InChI is InChI=1S/C19H30N4O2/c1-21-8-3-5-17(15-21)19(24)23-10-4-9-22(11-12-23)14-16-6-7-18(25-2)20-13-16/h6-7,13,17H,3-5,8-12,14-15H2,1-2H3. The van der Waals surface area contributed by atoms with Crippen LogP contribution in [0.15, 0.2) is 18.3 Å². The van der Waals surface area contributed by atoms with Crippen LogP contribution in [0.25, 0.3) is 0 Å². The van der Waals surface area contributed by atoms with Crippen LogP contribution in [0, 0.1) is 5.92 Å². The van der Waals surface area contributed by atoms with Crippen LogP contribution in [0.2, 0.25) is 0 Å². The van der Waals surface area contributed by atoms with Gasteiger partial charge in [-0.05, 0) is 38.4 Å². The molecule has 138 valence electrons. The zero-order valence-corrected chi connectivity index (χ0v) is 15.5. The Bertz CT molecular complexity index is 563. The van der Waals surface area contributed by atoms with Crippen LogP contribution in [-0.4, -0.2) is 79.0 Å².